The number of nitrogens with zero attached hydrogens (tertiary/aromatic N) is 2. The molecule has 2 aromatic rings. The third kappa shape index (κ3) is 2.76. The van der Waals surface area contributed by atoms with E-state index in [1.54, 1.807) is 25.4 Å². The molecular weight excluding hydrogens is 299 g/mol. The van der Waals surface area contributed by atoms with Gasteiger partial charge in [-0.1, -0.05) is 29.3 Å². The Balaban J connectivity index is 2.51. The molecule has 0 amide bonds. The molecule has 0 radical (unpaired) electrons. The van der Waals surface area contributed by atoms with E-state index in [9.17, 15) is 0 Å². The molecule has 0 bridgehead atoms. The first-order valence-electron chi connectivity index (χ1n) is 6.13. The molecule has 3 N–H and O–H groups in total. The lowest BCUT2D eigenvalue weighted by atomic mass is 10.0. The number of hydrogen-bond donors (Lipinski definition) is 2. The molecule has 0 aliphatic heterocycles. The van der Waals surface area contributed by atoms with Gasteiger partial charge in [0.2, 0.25) is 0 Å². The van der Waals surface area contributed by atoms with Gasteiger partial charge in [0.05, 0.1) is 29.4 Å². The van der Waals surface area contributed by atoms with Crippen LogP contribution in [0.2, 0.25) is 10.0 Å². The van der Waals surface area contributed by atoms with E-state index >= 15 is 0 Å². The lowest BCUT2D eigenvalue weighted by Gasteiger charge is -2.19. The van der Waals surface area contributed by atoms with Gasteiger partial charge in [-0.05, 0) is 24.6 Å². The number of aryl methyl sites for hydroxylation is 1. The summed E-state index contributed by atoms with van der Waals surface area (Å²) in [6, 6.07) is 5.09. The van der Waals surface area contributed by atoms with E-state index in [2.05, 4.69) is 10.5 Å². The molecule has 7 heteroatoms. The summed E-state index contributed by atoms with van der Waals surface area (Å²) in [6.07, 6.45) is 1.67. The van der Waals surface area contributed by atoms with Crippen molar-refractivity contribution in [3.63, 3.8) is 0 Å². The number of methoxy groups -OCH3 is 1. The third-order valence-corrected chi connectivity index (χ3v) is 3.82. The molecule has 108 valence electrons. The fourth-order valence-corrected chi connectivity index (χ4v) is 2.41. The number of rotatable bonds is 5. The predicted molar refractivity (Wildman–Crippen MR) is 80.1 cm³/mol. The molecule has 0 saturated carbocycles. The molecule has 0 saturated heterocycles. The van der Waals surface area contributed by atoms with Crippen molar-refractivity contribution in [2.75, 3.05) is 7.11 Å². The van der Waals surface area contributed by atoms with E-state index < -0.39 is 0 Å². The number of ether oxygens (including phenoxy) is 1. The first-order valence-corrected chi connectivity index (χ1v) is 6.88. The molecule has 5 nitrogen and oxygen atoms in total. The van der Waals surface area contributed by atoms with Gasteiger partial charge < -0.3 is 4.74 Å². The minimum Gasteiger partial charge on any atom is -0.493 e. The minimum absolute atomic E-state index is 0.290. The van der Waals surface area contributed by atoms with Crippen molar-refractivity contribution in [2.45, 2.75) is 19.5 Å². The standard InChI is InChI=1S/C13H16Cl2N4O/c1-3-19-13(11(20-2)7-17-19)12(18-16)8-4-5-9(14)10(15)6-8/h4-7,12,18H,3,16H2,1-2H3. The van der Waals surface area contributed by atoms with Crippen LogP contribution in [-0.2, 0) is 6.54 Å². The first kappa shape index (κ1) is 15.1. The van der Waals surface area contributed by atoms with Crippen LogP contribution in [0.25, 0.3) is 0 Å². The van der Waals surface area contributed by atoms with Crippen molar-refractivity contribution in [1.29, 1.82) is 0 Å². The highest BCUT2D eigenvalue weighted by atomic mass is 35.5. The average Bonchev–Trinajstić information content (AvgIpc) is 2.86. The van der Waals surface area contributed by atoms with Crippen molar-refractivity contribution in [2.24, 2.45) is 5.84 Å². The van der Waals surface area contributed by atoms with E-state index in [-0.39, 0.29) is 6.04 Å². The van der Waals surface area contributed by atoms with Gasteiger partial charge in [0.25, 0.3) is 0 Å². The summed E-state index contributed by atoms with van der Waals surface area (Å²) in [5.41, 5.74) is 4.50. The Labute approximate surface area is 127 Å². The van der Waals surface area contributed by atoms with E-state index in [1.807, 2.05) is 17.7 Å². The second-order valence-electron chi connectivity index (χ2n) is 4.19. The second kappa shape index (κ2) is 6.45. The number of aromatic nitrogens is 2. The highest BCUT2D eigenvalue weighted by molar-refractivity contribution is 6.42. The van der Waals surface area contributed by atoms with Gasteiger partial charge in [0, 0.05) is 6.54 Å². The van der Waals surface area contributed by atoms with E-state index in [1.165, 1.54) is 0 Å². The van der Waals surface area contributed by atoms with Crippen LogP contribution >= 0.6 is 23.2 Å². The Kier molecular flexibility index (Phi) is 4.88. The SMILES string of the molecule is CCn1ncc(OC)c1C(NN)c1ccc(Cl)c(Cl)c1. The number of hydrazine groups is 1. The summed E-state index contributed by atoms with van der Waals surface area (Å²) < 4.78 is 7.17. The zero-order valence-electron chi connectivity index (χ0n) is 11.2. The van der Waals surface area contributed by atoms with Crippen molar-refractivity contribution >= 4 is 23.2 Å². The van der Waals surface area contributed by atoms with Gasteiger partial charge in [-0.25, -0.2) is 5.43 Å². The maximum Gasteiger partial charge on any atom is 0.161 e. The second-order valence-corrected chi connectivity index (χ2v) is 5.00. The Bertz CT molecular complexity index is 579. The number of hydrogen-bond acceptors (Lipinski definition) is 4. The largest absolute Gasteiger partial charge is 0.493 e. The Morgan fingerprint density at radius 1 is 1.40 bits per heavy atom. The van der Waals surface area contributed by atoms with E-state index in [0.717, 1.165) is 11.3 Å². The predicted octanol–water partition coefficient (Wildman–Crippen LogP) is 2.77. The minimum atomic E-state index is -0.290. The molecule has 0 aliphatic rings. The maximum absolute atomic E-state index is 6.07. The summed E-state index contributed by atoms with van der Waals surface area (Å²) >= 11 is 12.0. The van der Waals surface area contributed by atoms with Gasteiger partial charge in [0.15, 0.2) is 5.75 Å². The first-order chi connectivity index (χ1) is 9.62. The monoisotopic (exact) mass is 314 g/mol. The molecular formula is C13H16Cl2N4O. The van der Waals surface area contributed by atoms with Crippen LogP contribution in [0.4, 0.5) is 0 Å². The Morgan fingerprint density at radius 3 is 2.70 bits per heavy atom. The molecule has 1 heterocycles. The van der Waals surface area contributed by atoms with Gasteiger partial charge in [-0.2, -0.15) is 5.10 Å². The summed E-state index contributed by atoms with van der Waals surface area (Å²) in [7, 11) is 1.60. The van der Waals surface area contributed by atoms with Crippen LogP contribution in [0.15, 0.2) is 24.4 Å². The normalized spacial score (nSPS) is 12.4. The molecule has 1 unspecified atom stereocenters. The molecule has 1 aromatic carbocycles. The van der Waals surface area contributed by atoms with E-state index in [0.29, 0.717) is 22.3 Å². The topological polar surface area (TPSA) is 65.1 Å². The van der Waals surface area contributed by atoms with Crippen LogP contribution in [0, 0.1) is 0 Å². The Hall–Kier alpha value is -1.27. The van der Waals surface area contributed by atoms with Gasteiger partial charge in [-0.3, -0.25) is 10.5 Å². The van der Waals surface area contributed by atoms with Crippen LogP contribution in [0.5, 0.6) is 5.75 Å². The summed E-state index contributed by atoms with van der Waals surface area (Å²) in [5.74, 6) is 6.38. The fraction of sp³-hybridized carbons (Fsp3) is 0.308. The van der Waals surface area contributed by atoms with Crippen LogP contribution in [0.3, 0.4) is 0 Å². The Morgan fingerprint density at radius 2 is 2.15 bits per heavy atom. The third-order valence-electron chi connectivity index (χ3n) is 3.08. The summed E-state index contributed by atoms with van der Waals surface area (Å²) in [5, 5.41) is 5.26. The van der Waals surface area contributed by atoms with Crippen LogP contribution < -0.4 is 16.0 Å². The molecule has 20 heavy (non-hydrogen) atoms. The molecule has 1 atom stereocenters. The summed E-state index contributed by atoms with van der Waals surface area (Å²) in [6.45, 7) is 2.70. The van der Waals surface area contributed by atoms with Crippen molar-refractivity contribution in [3.05, 3.63) is 45.7 Å². The van der Waals surface area contributed by atoms with Gasteiger partial charge >= 0.3 is 0 Å². The quantitative estimate of drug-likeness (QED) is 0.658. The highest BCUT2D eigenvalue weighted by Gasteiger charge is 2.22. The average molecular weight is 315 g/mol. The molecule has 2 rings (SSSR count). The molecule has 0 fully saturated rings. The fourth-order valence-electron chi connectivity index (χ4n) is 2.10. The maximum atomic E-state index is 6.07. The zero-order chi connectivity index (χ0) is 14.7. The number of benzene rings is 1. The summed E-state index contributed by atoms with van der Waals surface area (Å²) in [4.78, 5) is 0. The van der Waals surface area contributed by atoms with Crippen molar-refractivity contribution < 1.29 is 4.74 Å². The number of nitrogens with two attached hydrogens (primary N) is 1. The van der Waals surface area contributed by atoms with Gasteiger partial charge in [-0.15, -0.1) is 0 Å². The molecule has 0 aliphatic carbocycles. The molecule has 0 spiro atoms. The van der Waals surface area contributed by atoms with Crippen molar-refractivity contribution in [1.82, 2.24) is 15.2 Å². The van der Waals surface area contributed by atoms with Crippen LogP contribution in [0.1, 0.15) is 24.2 Å². The zero-order valence-corrected chi connectivity index (χ0v) is 12.7. The number of halogens is 2. The number of nitrogens with one attached hydrogen (secondary N) is 1. The van der Waals surface area contributed by atoms with E-state index in [4.69, 9.17) is 33.8 Å². The van der Waals surface area contributed by atoms with Crippen LogP contribution in [-0.4, -0.2) is 16.9 Å². The van der Waals surface area contributed by atoms with Gasteiger partial charge in [0.1, 0.15) is 5.69 Å². The smallest absolute Gasteiger partial charge is 0.161 e. The van der Waals surface area contributed by atoms with Crippen molar-refractivity contribution in [3.8, 4) is 5.75 Å². The lowest BCUT2D eigenvalue weighted by molar-refractivity contribution is 0.399. The molecule has 1 aromatic heterocycles. The lowest BCUT2D eigenvalue weighted by Crippen LogP contribution is -2.31. The highest BCUT2D eigenvalue weighted by Crippen LogP contribution is 2.32.